The average Bonchev–Trinajstić information content (AvgIpc) is 2.78. The number of nitrogens with zero attached hydrogens (tertiary/aromatic N) is 2. The zero-order valence-corrected chi connectivity index (χ0v) is 17.2. The number of ether oxygens (including phenoxy) is 2. The number of hydrogen-bond donors (Lipinski definition) is 1. The fraction of sp³-hybridized carbons (Fsp3) is 0.435. The van der Waals surface area contributed by atoms with Gasteiger partial charge < -0.3 is 19.5 Å². The molecular formula is C23H30N2O4. The van der Waals surface area contributed by atoms with Crippen LogP contribution in [0.2, 0.25) is 0 Å². The summed E-state index contributed by atoms with van der Waals surface area (Å²) in [5.74, 6) is 1.65. The number of aliphatic hydroxyl groups excluding tert-OH is 1. The zero-order chi connectivity index (χ0) is 20.6. The molecule has 1 atom stereocenters. The number of rotatable bonds is 9. The number of hydrogen-bond acceptors (Lipinski definition) is 6. The molecule has 0 spiro atoms. The van der Waals surface area contributed by atoms with E-state index in [9.17, 15) is 9.90 Å². The van der Waals surface area contributed by atoms with E-state index >= 15 is 0 Å². The maximum absolute atomic E-state index is 11.7. The number of benzene rings is 2. The first-order chi connectivity index (χ1) is 14.1. The quantitative estimate of drug-likeness (QED) is 0.656. The Labute approximate surface area is 172 Å². The van der Waals surface area contributed by atoms with E-state index < -0.39 is 6.10 Å². The second-order valence-electron chi connectivity index (χ2n) is 7.26. The predicted octanol–water partition coefficient (Wildman–Crippen LogP) is 2.85. The monoisotopic (exact) mass is 398 g/mol. The van der Waals surface area contributed by atoms with Gasteiger partial charge in [0.25, 0.3) is 0 Å². The van der Waals surface area contributed by atoms with Gasteiger partial charge in [-0.15, -0.1) is 0 Å². The van der Waals surface area contributed by atoms with Gasteiger partial charge in [-0.2, -0.15) is 0 Å². The summed E-state index contributed by atoms with van der Waals surface area (Å²) in [6, 6.07) is 15.2. The molecule has 0 aliphatic carbocycles. The summed E-state index contributed by atoms with van der Waals surface area (Å²) < 4.78 is 11.0. The van der Waals surface area contributed by atoms with E-state index in [1.165, 1.54) is 0 Å². The summed E-state index contributed by atoms with van der Waals surface area (Å²) in [7, 11) is 1.68. The minimum Gasteiger partial charge on any atom is -0.497 e. The van der Waals surface area contributed by atoms with E-state index in [1.54, 1.807) is 31.4 Å². The van der Waals surface area contributed by atoms with Crippen LogP contribution in [0, 0.1) is 0 Å². The van der Waals surface area contributed by atoms with Crippen molar-refractivity contribution < 1.29 is 19.4 Å². The number of piperazine rings is 1. The van der Waals surface area contributed by atoms with Crippen LogP contribution in [0.5, 0.6) is 11.5 Å². The summed E-state index contributed by atoms with van der Waals surface area (Å²) >= 11 is 0. The van der Waals surface area contributed by atoms with Gasteiger partial charge in [0, 0.05) is 56.5 Å². The van der Waals surface area contributed by atoms with E-state index in [2.05, 4.69) is 21.9 Å². The van der Waals surface area contributed by atoms with Gasteiger partial charge in [-0.25, -0.2) is 0 Å². The topological polar surface area (TPSA) is 62.2 Å². The minimum atomic E-state index is -0.560. The van der Waals surface area contributed by atoms with Crippen molar-refractivity contribution in [2.45, 2.75) is 19.4 Å². The van der Waals surface area contributed by atoms with Gasteiger partial charge in [0.2, 0.25) is 0 Å². The van der Waals surface area contributed by atoms with Gasteiger partial charge in [0.15, 0.2) is 5.78 Å². The molecule has 0 saturated carbocycles. The molecule has 156 valence electrons. The first-order valence-corrected chi connectivity index (χ1v) is 10.1. The van der Waals surface area contributed by atoms with Gasteiger partial charge in [-0.05, 0) is 36.4 Å². The van der Waals surface area contributed by atoms with Crippen molar-refractivity contribution in [2.24, 2.45) is 0 Å². The highest BCUT2D eigenvalue weighted by Gasteiger charge is 2.20. The highest BCUT2D eigenvalue weighted by molar-refractivity contribution is 5.95. The second-order valence-corrected chi connectivity index (χ2v) is 7.26. The molecule has 6 nitrogen and oxygen atoms in total. The lowest BCUT2D eigenvalue weighted by molar-refractivity contribution is 0.0663. The Morgan fingerprint density at radius 2 is 1.79 bits per heavy atom. The number of Topliss-reactive ketones (excluding diaryl/α,β-unsaturated/α-hetero) is 1. The van der Waals surface area contributed by atoms with Crippen molar-refractivity contribution in [2.75, 3.05) is 51.3 Å². The molecule has 0 bridgehead atoms. The van der Waals surface area contributed by atoms with E-state index in [-0.39, 0.29) is 12.4 Å². The number of carbonyl (C=O) groups is 1. The Morgan fingerprint density at radius 1 is 1.07 bits per heavy atom. The maximum atomic E-state index is 11.7. The molecule has 0 unspecified atom stereocenters. The Balaban J connectivity index is 1.41. The number of ketones is 1. The SMILES string of the molecule is CCC(=O)c1ccc(OC[C@@H](O)CN2CCN(c3cccc(OC)c3)CC2)cc1. The maximum Gasteiger partial charge on any atom is 0.162 e. The predicted molar refractivity (Wildman–Crippen MR) is 114 cm³/mol. The zero-order valence-electron chi connectivity index (χ0n) is 17.2. The van der Waals surface area contributed by atoms with E-state index in [4.69, 9.17) is 9.47 Å². The van der Waals surface area contributed by atoms with Gasteiger partial charge in [-0.3, -0.25) is 9.69 Å². The first kappa shape index (κ1) is 21.1. The summed E-state index contributed by atoms with van der Waals surface area (Å²) in [6.07, 6.45) is -0.0698. The summed E-state index contributed by atoms with van der Waals surface area (Å²) in [4.78, 5) is 16.3. The molecule has 1 aliphatic rings. The van der Waals surface area contributed by atoms with Crippen LogP contribution in [-0.2, 0) is 0 Å². The molecule has 2 aromatic rings. The summed E-state index contributed by atoms with van der Waals surface area (Å²) in [6.45, 7) is 6.26. The number of carbonyl (C=O) groups excluding carboxylic acids is 1. The van der Waals surface area contributed by atoms with Crippen LogP contribution in [0.1, 0.15) is 23.7 Å². The summed E-state index contributed by atoms with van der Waals surface area (Å²) in [5.41, 5.74) is 1.85. The van der Waals surface area contributed by atoms with Crippen LogP contribution in [0.4, 0.5) is 5.69 Å². The number of methoxy groups -OCH3 is 1. The normalized spacial score (nSPS) is 15.8. The molecule has 1 fully saturated rings. The van der Waals surface area contributed by atoms with E-state index in [0.29, 0.717) is 24.3 Å². The number of aliphatic hydroxyl groups is 1. The molecule has 0 aromatic heterocycles. The van der Waals surface area contributed by atoms with Crippen LogP contribution in [0.25, 0.3) is 0 Å². The van der Waals surface area contributed by atoms with Crippen LogP contribution in [0.3, 0.4) is 0 Å². The summed E-state index contributed by atoms with van der Waals surface area (Å²) in [5, 5.41) is 10.3. The largest absolute Gasteiger partial charge is 0.497 e. The average molecular weight is 399 g/mol. The fourth-order valence-corrected chi connectivity index (χ4v) is 3.48. The lowest BCUT2D eigenvalue weighted by Crippen LogP contribution is -2.49. The molecule has 0 amide bonds. The molecule has 1 saturated heterocycles. The smallest absolute Gasteiger partial charge is 0.162 e. The van der Waals surface area contributed by atoms with Crippen molar-refractivity contribution in [1.82, 2.24) is 4.90 Å². The molecule has 1 N–H and O–H groups in total. The Kier molecular flexibility index (Phi) is 7.49. The van der Waals surface area contributed by atoms with E-state index in [1.807, 2.05) is 19.1 Å². The van der Waals surface area contributed by atoms with Crippen molar-refractivity contribution in [1.29, 1.82) is 0 Å². The Hall–Kier alpha value is -2.57. The van der Waals surface area contributed by atoms with E-state index in [0.717, 1.165) is 37.6 Å². The van der Waals surface area contributed by atoms with Crippen LogP contribution < -0.4 is 14.4 Å². The van der Waals surface area contributed by atoms with Crippen molar-refractivity contribution in [3.05, 3.63) is 54.1 Å². The molecule has 6 heteroatoms. The molecule has 0 radical (unpaired) electrons. The highest BCUT2D eigenvalue weighted by atomic mass is 16.5. The van der Waals surface area contributed by atoms with Crippen molar-refractivity contribution in [3.8, 4) is 11.5 Å². The van der Waals surface area contributed by atoms with Crippen LogP contribution in [0.15, 0.2) is 48.5 Å². The molecule has 3 rings (SSSR count). The Morgan fingerprint density at radius 3 is 2.45 bits per heavy atom. The lowest BCUT2D eigenvalue weighted by atomic mass is 10.1. The highest BCUT2D eigenvalue weighted by Crippen LogP contribution is 2.22. The van der Waals surface area contributed by atoms with Gasteiger partial charge in [-0.1, -0.05) is 13.0 Å². The van der Waals surface area contributed by atoms with Crippen molar-refractivity contribution >= 4 is 11.5 Å². The van der Waals surface area contributed by atoms with Gasteiger partial charge in [0.05, 0.1) is 7.11 Å². The minimum absolute atomic E-state index is 0.115. The lowest BCUT2D eigenvalue weighted by Gasteiger charge is -2.37. The standard InChI is InChI=1S/C23H30N2O4/c1-3-23(27)18-7-9-21(10-8-18)29-17-20(26)16-24-11-13-25(14-12-24)19-5-4-6-22(15-19)28-2/h4-10,15,20,26H,3,11-14,16-17H2,1-2H3/t20-/m0/s1. The second kappa shape index (κ2) is 10.3. The van der Waals surface area contributed by atoms with Crippen molar-refractivity contribution in [3.63, 3.8) is 0 Å². The molecule has 1 aliphatic heterocycles. The Bertz CT molecular complexity index is 786. The molecule has 29 heavy (non-hydrogen) atoms. The molecule has 1 heterocycles. The number of β-amino-alcohol motifs (C(OH)–C–C–N with tert-alkyl or cyclic N) is 1. The molecule has 2 aromatic carbocycles. The fourth-order valence-electron chi connectivity index (χ4n) is 3.48. The van der Waals surface area contributed by atoms with Gasteiger partial charge >= 0.3 is 0 Å². The van der Waals surface area contributed by atoms with Gasteiger partial charge in [0.1, 0.15) is 24.2 Å². The van der Waals surface area contributed by atoms with Crippen LogP contribution in [-0.4, -0.2) is 68.3 Å². The molecular weight excluding hydrogens is 368 g/mol. The third-order valence-corrected chi connectivity index (χ3v) is 5.20. The third-order valence-electron chi connectivity index (χ3n) is 5.20. The number of anilines is 1. The van der Waals surface area contributed by atoms with Crippen LogP contribution >= 0.6 is 0 Å². The third kappa shape index (κ3) is 5.95. The first-order valence-electron chi connectivity index (χ1n) is 10.1.